The van der Waals surface area contributed by atoms with E-state index in [1.165, 1.54) is 12.1 Å². The third kappa shape index (κ3) is 3.14. The van der Waals surface area contributed by atoms with Gasteiger partial charge in [0.2, 0.25) is 5.88 Å². The highest BCUT2D eigenvalue weighted by Crippen LogP contribution is 2.39. The van der Waals surface area contributed by atoms with Crippen LogP contribution in [0.25, 0.3) is 10.8 Å². The molecule has 0 spiro atoms. The summed E-state index contributed by atoms with van der Waals surface area (Å²) in [5, 5.41) is 12.1. The molecule has 3 rings (SSSR count). The Labute approximate surface area is 147 Å². The molecule has 2 aromatic carbocycles. The van der Waals surface area contributed by atoms with Crippen molar-refractivity contribution in [2.24, 2.45) is 0 Å². The van der Waals surface area contributed by atoms with Crippen LogP contribution in [-0.2, 0) is 0 Å². The van der Waals surface area contributed by atoms with Crippen LogP contribution in [-0.4, -0.2) is 16.3 Å². The Morgan fingerprint density at radius 3 is 2.42 bits per heavy atom. The number of rotatable bonds is 4. The van der Waals surface area contributed by atoms with Crippen molar-refractivity contribution in [2.75, 3.05) is 0 Å². The van der Waals surface area contributed by atoms with E-state index in [-0.39, 0.29) is 22.7 Å². The first-order valence-electron chi connectivity index (χ1n) is 7.10. The SMILES string of the molecule is C[C@@H](c1ccc(Cl)cc1)n1cc2cc(OC(F)F)cc(Cl)c2c1O. The first-order chi connectivity index (χ1) is 11.4. The van der Waals surface area contributed by atoms with Gasteiger partial charge in [0.25, 0.3) is 0 Å². The molecule has 0 aliphatic rings. The number of aromatic nitrogens is 1. The molecule has 1 N–H and O–H groups in total. The zero-order chi connectivity index (χ0) is 17.4. The molecule has 0 aliphatic carbocycles. The first-order valence-corrected chi connectivity index (χ1v) is 7.85. The Balaban J connectivity index is 2.07. The summed E-state index contributed by atoms with van der Waals surface area (Å²) in [6.07, 6.45) is 1.65. The number of hydrogen-bond donors (Lipinski definition) is 1. The summed E-state index contributed by atoms with van der Waals surface area (Å²) in [7, 11) is 0. The van der Waals surface area contributed by atoms with Crippen LogP contribution in [0.3, 0.4) is 0 Å². The Morgan fingerprint density at radius 2 is 1.79 bits per heavy atom. The molecule has 1 aromatic heterocycles. The van der Waals surface area contributed by atoms with Crippen molar-refractivity contribution >= 4 is 34.0 Å². The smallest absolute Gasteiger partial charge is 0.387 e. The fourth-order valence-electron chi connectivity index (χ4n) is 2.65. The third-order valence-corrected chi connectivity index (χ3v) is 4.39. The molecule has 0 amide bonds. The standard InChI is InChI=1S/C17H13Cl2F2NO2/c1-9(10-2-4-12(18)5-3-10)22-8-11-6-13(24-17(20)21)7-14(19)15(11)16(22)23/h2-9,17,23H,1H3/t9-/m0/s1. The molecule has 0 radical (unpaired) electrons. The van der Waals surface area contributed by atoms with Crippen molar-refractivity contribution < 1.29 is 18.6 Å². The Hall–Kier alpha value is -1.98. The Bertz CT molecular complexity index is 878. The van der Waals surface area contributed by atoms with Gasteiger partial charge in [-0.25, -0.2) is 0 Å². The highest BCUT2D eigenvalue weighted by atomic mass is 35.5. The summed E-state index contributed by atoms with van der Waals surface area (Å²) in [4.78, 5) is 0. The minimum atomic E-state index is -2.94. The van der Waals surface area contributed by atoms with Crippen LogP contribution in [0.15, 0.2) is 42.6 Å². The number of halogens is 4. The van der Waals surface area contributed by atoms with Gasteiger partial charge in [0.15, 0.2) is 0 Å². The second-order valence-electron chi connectivity index (χ2n) is 5.34. The van der Waals surface area contributed by atoms with Crippen LogP contribution in [0.1, 0.15) is 18.5 Å². The van der Waals surface area contributed by atoms with Gasteiger partial charge in [-0.15, -0.1) is 0 Å². The van der Waals surface area contributed by atoms with Gasteiger partial charge in [-0.2, -0.15) is 8.78 Å². The lowest BCUT2D eigenvalue weighted by Gasteiger charge is -2.15. The second-order valence-corrected chi connectivity index (χ2v) is 6.18. The first kappa shape index (κ1) is 16.9. The van der Waals surface area contributed by atoms with E-state index in [0.717, 1.165) is 5.56 Å². The summed E-state index contributed by atoms with van der Waals surface area (Å²) in [5.74, 6) is -0.0974. The maximum Gasteiger partial charge on any atom is 0.387 e. The third-order valence-electron chi connectivity index (χ3n) is 3.84. The van der Waals surface area contributed by atoms with E-state index >= 15 is 0 Å². The zero-order valence-electron chi connectivity index (χ0n) is 12.5. The van der Waals surface area contributed by atoms with Gasteiger partial charge in [-0.05, 0) is 36.8 Å². The Kier molecular flexibility index (Phi) is 4.56. The molecule has 1 heterocycles. The summed E-state index contributed by atoms with van der Waals surface area (Å²) >= 11 is 12.0. The van der Waals surface area contributed by atoms with Crippen LogP contribution in [0.5, 0.6) is 11.6 Å². The molecule has 126 valence electrons. The van der Waals surface area contributed by atoms with Gasteiger partial charge < -0.3 is 14.4 Å². The molecule has 3 nitrogen and oxygen atoms in total. The van der Waals surface area contributed by atoms with Crippen LogP contribution >= 0.6 is 23.2 Å². The van der Waals surface area contributed by atoms with E-state index < -0.39 is 6.61 Å². The molecule has 0 aliphatic heterocycles. The average molecular weight is 372 g/mol. The molecular weight excluding hydrogens is 359 g/mol. The van der Waals surface area contributed by atoms with E-state index in [4.69, 9.17) is 23.2 Å². The van der Waals surface area contributed by atoms with Gasteiger partial charge in [0, 0.05) is 16.6 Å². The van der Waals surface area contributed by atoms with Gasteiger partial charge in [0.05, 0.1) is 16.5 Å². The van der Waals surface area contributed by atoms with Crippen molar-refractivity contribution in [1.29, 1.82) is 0 Å². The number of ether oxygens (including phenoxy) is 1. The van der Waals surface area contributed by atoms with E-state index in [2.05, 4.69) is 4.74 Å². The van der Waals surface area contributed by atoms with Crippen molar-refractivity contribution in [1.82, 2.24) is 4.57 Å². The van der Waals surface area contributed by atoms with Crippen LogP contribution in [0.2, 0.25) is 10.0 Å². The van der Waals surface area contributed by atoms with Crippen LogP contribution < -0.4 is 4.74 Å². The van der Waals surface area contributed by atoms with E-state index in [1.54, 1.807) is 22.9 Å². The lowest BCUT2D eigenvalue weighted by molar-refractivity contribution is -0.0497. The van der Waals surface area contributed by atoms with Crippen molar-refractivity contribution in [3.63, 3.8) is 0 Å². The van der Waals surface area contributed by atoms with Crippen molar-refractivity contribution in [3.05, 3.63) is 58.2 Å². The van der Waals surface area contributed by atoms with Gasteiger partial charge in [-0.1, -0.05) is 35.3 Å². The lowest BCUT2D eigenvalue weighted by atomic mass is 10.1. The number of benzene rings is 2. The van der Waals surface area contributed by atoms with Crippen LogP contribution in [0, 0.1) is 0 Å². The highest BCUT2D eigenvalue weighted by molar-refractivity contribution is 6.36. The number of fused-ring (bicyclic) bond motifs is 1. The number of nitrogens with zero attached hydrogens (tertiary/aromatic N) is 1. The minimum absolute atomic E-state index is 0.0407. The highest BCUT2D eigenvalue weighted by Gasteiger charge is 2.18. The topological polar surface area (TPSA) is 34.4 Å². The van der Waals surface area contributed by atoms with E-state index in [1.807, 2.05) is 19.1 Å². The number of hydrogen-bond acceptors (Lipinski definition) is 2. The van der Waals surface area contributed by atoms with Gasteiger partial charge in [-0.3, -0.25) is 0 Å². The molecule has 0 fully saturated rings. The average Bonchev–Trinajstić information content (AvgIpc) is 2.84. The summed E-state index contributed by atoms with van der Waals surface area (Å²) in [6, 6.07) is 9.69. The molecule has 0 saturated carbocycles. The molecule has 0 unspecified atom stereocenters. The maximum absolute atomic E-state index is 12.4. The Morgan fingerprint density at radius 1 is 1.12 bits per heavy atom. The maximum atomic E-state index is 12.4. The predicted molar refractivity (Wildman–Crippen MR) is 90.5 cm³/mol. The molecule has 1 atom stereocenters. The quantitative estimate of drug-likeness (QED) is 0.622. The van der Waals surface area contributed by atoms with Crippen molar-refractivity contribution in [2.45, 2.75) is 19.6 Å². The van der Waals surface area contributed by atoms with Crippen molar-refractivity contribution in [3.8, 4) is 11.6 Å². The fourth-order valence-corrected chi connectivity index (χ4v) is 3.08. The fraction of sp³-hybridized carbons (Fsp3) is 0.176. The van der Waals surface area contributed by atoms with Crippen LogP contribution in [0.4, 0.5) is 8.78 Å². The van der Waals surface area contributed by atoms with Gasteiger partial charge >= 0.3 is 6.61 Å². The van der Waals surface area contributed by atoms with E-state index in [0.29, 0.717) is 15.8 Å². The molecule has 0 saturated heterocycles. The summed E-state index contributed by atoms with van der Waals surface area (Å²) in [6.45, 7) is -1.05. The molecular formula is C17H13Cl2F2NO2. The van der Waals surface area contributed by atoms with Gasteiger partial charge in [0.1, 0.15) is 5.75 Å². The summed E-state index contributed by atoms with van der Waals surface area (Å²) < 4.78 is 30.8. The zero-order valence-corrected chi connectivity index (χ0v) is 14.0. The monoisotopic (exact) mass is 371 g/mol. The predicted octanol–water partition coefficient (Wildman–Crippen LogP) is 5.86. The molecule has 0 bridgehead atoms. The molecule has 7 heteroatoms. The van der Waals surface area contributed by atoms with E-state index in [9.17, 15) is 13.9 Å². The second kappa shape index (κ2) is 6.49. The molecule has 3 aromatic rings. The minimum Gasteiger partial charge on any atom is -0.494 e. The number of aromatic hydroxyl groups is 1. The lowest BCUT2D eigenvalue weighted by Crippen LogP contribution is -2.04. The summed E-state index contributed by atoms with van der Waals surface area (Å²) in [5.41, 5.74) is 0.926. The molecule has 24 heavy (non-hydrogen) atoms. The largest absolute Gasteiger partial charge is 0.494 e. The number of alkyl halides is 2. The normalized spacial score (nSPS) is 12.8.